The molecule has 0 spiro atoms. The summed E-state index contributed by atoms with van der Waals surface area (Å²) in [5, 5.41) is 10.1. The summed E-state index contributed by atoms with van der Waals surface area (Å²) in [4.78, 5) is 3.67. The highest BCUT2D eigenvalue weighted by Crippen LogP contribution is 2.40. The highest BCUT2D eigenvalue weighted by molar-refractivity contribution is 5.20. The molecule has 1 heterocycles. The fourth-order valence-electron chi connectivity index (χ4n) is 1.81. The van der Waals surface area contributed by atoms with Gasteiger partial charge in [-0.2, -0.15) is 0 Å². The smallest absolute Gasteiger partial charge is 0.147 e. The second-order valence-electron chi connectivity index (χ2n) is 4.28. The minimum Gasteiger partial charge on any atom is -0.385 e. The summed E-state index contributed by atoms with van der Waals surface area (Å²) >= 11 is 0. The average molecular weight is 195 g/mol. The van der Waals surface area contributed by atoms with Gasteiger partial charge in [-0.25, -0.2) is 4.39 Å². The van der Waals surface area contributed by atoms with Gasteiger partial charge in [0.25, 0.3) is 0 Å². The molecular weight excluding hydrogens is 181 g/mol. The lowest BCUT2D eigenvalue weighted by Crippen LogP contribution is -2.23. The van der Waals surface area contributed by atoms with Crippen LogP contribution in [0.25, 0.3) is 0 Å². The third kappa shape index (κ3) is 1.93. The predicted octanol–water partition coefficient (Wildman–Crippen LogP) is 2.23. The van der Waals surface area contributed by atoms with Gasteiger partial charge in [0.1, 0.15) is 5.82 Å². The second kappa shape index (κ2) is 3.31. The standard InChI is InChI=1S/C11H14FNO/c1-11(14,6-8-2-3-8)9-4-5-13-7-10(9)12/h4-5,7-8,14H,2-3,6H2,1H3. The van der Waals surface area contributed by atoms with Crippen LogP contribution in [0.3, 0.4) is 0 Å². The van der Waals surface area contributed by atoms with Gasteiger partial charge in [-0.15, -0.1) is 0 Å². The zero-order chi connectivity index (χ0) is 10.2. The highest BCUT2D eigenvalue weighted by atomic mass is 19.1. The number of halogens is 1. The zero-order valence-corrected chi connectivity index (χ0v) is 8.20. The topological polar surface area (TPSA) is 33.1 Å². The Morgan fingerprint density at radius 1 is 1.64 bits per heavy atom. The van der Waals surface area contributed by atoms with Crippen molar-refractivity contribution in [2.45, 2.75) is 31.8 Å². The van der Waals surface area contributed by atoms with Crippen LogP contribution in [0.2, 0.25) is 0 Å². The fourth-order valence-corrected chi connectivity index (χ4v) is 1.81. The van der Waals surface area contributed by atoms with E-state index in [1.54, 1.807) is 13.0 Å². The minimum atomic E-state index is -1.05. The number of nitrogens with zero attached hydrogens (tertiary/aromatic N) is 1. The molecule has 0 radical (unpaired) electrons. The maximum absolute atomic E-state index is 13.3. The van der Waals surface area contributed by atoms with Gasteiger partial charge in [0.05, 0.1) is 11.8 Å². The molecule has 1 aromatic heterocycles. The van der Waals surface area contributed by atoms with Gasteiger partial charge >= 0.3 is 0 Å². The van der Waals surface area contributed by atoms with Crippen molar-refractivity contribution in [1.29, 1.82) is 0 Å². The van der Waals surface area contributed by atoms with Crippen molar-refractivity contribution in [3.63, 3.8) is 0 Å². The van der Waals surface area contributed by atoms with Crippen LogP contribution >= 0.6 is 0 Å². The van der Waals surface area contributed by atoms with E-state index in [0.29, 0.717) is 17.9 Å². The molecule has 2 rings (SSSR count). The fraction of sp³-hybridized carbons (Fsp3) is 0.545. The van der Waals surface area contributed by atoms with Gasteiger partial charge in [0.15, 0.2) is 0 Å². The average Bonchev–Trinajstić information content (AvgIpc) is 2.88. The van der Waals surface area contributed by atoms with Crippen molar-refractivity contribution >= 4 is 0 Å². The van der Waals surface area contributed by atoms with Gasteiger partial charge in [-0.05, 0) is 25.3 Å². The largest absolute Gasteiger partial charge is 0.385 e. The molecule has 76 valence electrons. The summed E-state index contributed by atoms with van der Waals surface area (Å²) in [5.74, 6) is 0.149. The first-order valence-corrected chi connectivity index (χ1v) is 4.92. The SMILES string of the molecule is CC(O)(CC1CC1)c1ccncc1F. The van der Waals surface area contributed by atoms with Crippen molar-refractivity contribution in [2.75, 3.05) is 0 Å². The number of aliphatic hydroxyl groups is 1. The van der Waals surface area contributed by atoms with Crippen LogP contribution in [0.15, 0.2) is 18.5 Å². The molecule has 1 unspecified atom stereocenters. The van der Waals surface area contributed by atoms with Gasteiger partial charge in [0.2, 0.25) is 0 Å². The Morgan fingerprint density at radius 3 is 2.93 bits per heavy atom. The van der Waals surface area contributed by atoms with Crippen molar-refractivity contribution < 1.29 is 9.50 Å². The molecule has 1 saturated carbocycles. The Balaban J connectivity index is 2.22. The third-order valence-corrected chi connectivity index (χ3v) is 2.74. The molecule has 3 heteroatoms. The summed E-state index contributed by atoms with van der Waals surface area (Å²) in [6, 6.07) is 1.55. The summed E-state index contributed by atoms with van der Waals surface area (Å²) in [6.07, 6.45) is 5.62. The number of aromatic nitrogens is 1. The van der Waals surface area contributed by atoms with Crippen LogP contribution in [0, 0.1) is 11.7 Å². The molecule has 1 fully saturated rings. The second-order valence-corrected chi connectivity index (χ2v) is 4.28. The number of hydrogen-bond donors (Lipinski definition) is 1. The van der Waals surface area contributed by atoms with Crippen LogP contribution in [0.5, 0.6) is 0 Å². The Hall–Kier alpha value is -0.960. The van der Waals surface area contributed by atoms with Gasteiger partial charge in [-0.3, -0.25) is 4.98 Å². The lowest BCUT2D eigenvalue weighted by Gasteiger charge is -2.23. The van der Waals surface area contributed by atoms with E-state index in [1.807, 2.05) is 0 Å². The Labute approximate surface area is 82.8 Å². The normalized spacial score (nSPS) is 20.5. The Morgan fingerprint density at radius 2 is 2.36 bits per heavy atom. The molecule has 0 aliphatic heterocycles. The van der Waals surface area contributed by atoms with Crippen LogP contribution < -0.4 is 0 Å². The van der Waals surface area contributed by atoms with Gasteiger partial charge in [-0.1, -0.05) is 12.8 Å². The quantitative estimate of drug-likeness (QED) is 0.802. The molecular formula is C11H14FNO. The van der Waals surface area contributed by atoms with E-state index in [1.165, 1.54) is 6.20 Å². The zero-order valence-electron chi connectivity index (χ0n) is 8.20. The Kier molecular flexibility index (Phi) is 2.27. The van der Waals surface area contributed by atoms with Crippen molar-refractivity contribution in [1.82, 2.24) is 4.98 Å². The maximum Gasteiger partial charge on any atom is 0.147 e. The molecule has 0 saturated heterocycles. The predicted molar refractivity (Wildman–Crippen MR) is 51.1 cm³/mol. The van der Waals surface area contributed by atoms with E-state index in [0.717, 1.165) is 19.0 Å². The van der Waals surface area contributed by atoms with E-state index < -0.39 is 11.4 Å². The molecule has 0 amide bonds. The molecule has 1 aliphatic rings. The lowest BCUT2D eigenvalue weighted by atomic mass is 9.91. The number of hydrogen-bond acceptors (Lipinski definition) is 2. The van der Waals surface area contributed by atoms with Crippen molar-refractivity contribution in [3.8, 4) is 0 Å². The maximum atomic E-state index is 13.3. The molecule has 14 heavy (non-hydrogen) atoms. The summed E-state index contributed by atoms with van der Waals surface area (Å²) in [6.45, 7) is 1.67. The monoisotopic (exact) mass is 195 g/mol. The first kappa shape index (κ1) is 9.59. The van der Waals surface area contributed by atoms with Crippen LogP contribution in [-0.4, -0.2) is 10.1 Å². The molecule has 0 aromatic carbocycles. The highest BCUT2D eigenvalue weighted by Gasteiger charge is 2.34. The first-order chi connectivity index (χ1) is 6.59. The molecule has 0 bridgehead atoms. The van der Waals surface area contributed by atoms with Crippen LogP contribution in [-0.2, 0) is 5.60 Å². The summed E-state index contributed by atoms with van der Waals surface area (Å²) in [7, 11) is 0. The van der Waals surface area contributed by atoms with Crippen LogP contribution in [0.4, 0.5) is 4.39 Å². The summed E-state index contributed by atoms with van der Waals surface area (Å²) < 4.78 is 13.3. The Bertz CT molecular complexity index is 334. The van der Waals surface area contributed by atoms with Crippen molar-refractivity contribution in [2.24, 2.45) is 5.92 Å². The number of rotatable bonds is 3. The lowest BCUT2D eigenvalue weighted by molar-refractivity contribution is 0.0380. The van der Waals surface area contributed by atoms with E-state index in [9.17, 15) is 9.50 Å². The van der Waals surface area contributed by atoms with Crippen molar-refractivity contribution in [3.05, 3.63) is 29.8 Å². The minimum absolute atomic E-state index is 0.361. The van der Waals surface area contributed by atoms with E-state index in [4.69, 9.17) is 0 Å². The van der Waals surface area contributed by atoms with Crippen LogP contribution in [0.1, 0.15) is 31.7 Å². The number of pyridine rings is 1. The van der Waals surface area contributed by atoms with Gasteiger partial charge in [0, 0.05) is 11.8 Å². The van der Waals surface area contributed by atoms with E-state index in [-0.39, 0.29) is 0 Å². The van der Waals surface area contributed by atoms with E-state index >= 15 is 0 Å². The molecule has 2 nitrogen and oxygen atoms in total. The summed E-state index contributed by atoms with van der Waals surface area (Å²) in [5.41, 5.74) is -0.687. The molecule has 1 N–H and O–H groups in total. The molecule has 1 aliphatic carbocycles. The van der Waals surface area contributed by atoms with E-state index in [2.05, 4.69) is 4.98 Å². The van der Waals surface area contributed by atoms with Gasteiger partial charge < -0.3 is 5.11 Å². The third-order valence-electron chi connectivity index (χ3n) is 2.74. The first-order valence-electron chi connectivity index (χ1n) is 4.92. The molecule has 1 atom stereocenters. The molecule has 1 aromatic rings.